The monoisotopic (exact) mass is 337 g/mol. The Morgan fingerprint density at radius 3 is 2.64 bits per heavy atom. The molecular weight excluding hydrogens is 318 g/mol. The van der Waals surface area contributed by atoms with Crippen LogP contribution in [0.25, 0.3) is 5.65 Å². The first-order chi connectivity index (χ1) is 12.1. The van der Waals surface area contributed by atoms with Crippen molar-refractivity contribution in [2.45, 2.75) is 19.4 Å². The van der Waals surface area contributed by atoms with Gasteiger partial charge in [-0.05, 0) is 31.2 Å². The van der Waals surface area contributed by atoms with E-state index >= 15 is 0 Å². The van der Waals surface area contributed by atoms with E-state index in [1.54, 1.807) is 24.3 Å². The molecule has 0 bridgehead atoms. The first-order valence-electron chi connectivity index (χ1n) is 8.07. The number of amides is 2. The van der Waals surface area contributed by atoms with Crippen molar-refractivity contribution in [3.8, 4) is 0 Å². The fourth-order valence-electron chi connectivity index (χ4n) is 2.51. The second-order valence-corrected chi connectivity index (χ2v) is 5.65. The van der Waals surface area contributed by atoms with E-state index in [9.17, 15) is 9.59 Å². The van der Waals surface area contributed by atoms with Crippen molar-refractivity contribution in [3.63, 3.8) is 0 Å². The van der Waals surface area contributed by atoms with Gasteiger partial charge in [0.05, 0.1) is 6.04 Å². The summed E-state index contributed by atoms with van der Waals surface area (Å²) < 4.78 is 1.84. The molecule has 3 aromatic rings. The van der Waals surface area contributed by atoms with E-state index in [1.165, 1.54) is 0 Å². The lowest BCUT2D eigenvalue weighted by atomic mass is 10.2. The molecule has 0 spiro atoms. The Morgan fingerprint density at radius 2 is 1.84 bits per heavy atom. The summed E-state index contributed by atoms with van der Waals surface area (Å²) in [6.45, 7) is 2.12. The molecule has 2 heterocycles. The summed E-state index contributed by atoms with van der Waals surface area (Å²) in [6.07, 6.45) is 2.05. The van der Waals surface area contributed by atoms with Crippen LogP contribution in [0.4, 0.5) is 0 Å². The van der Waals surface area contributed by atoms with E-state index in [-0.39, 0.29) is 30.8 Å². The van der Waals surface area contributed by atoms with Crippen LogP contribution in [0.3, 0.4) is 0 Å². The molecule has 0 aliphatic carbocycles. The van der Waals surface area contributed by atoms with Crippen molar-refractivity contribution >= 4 is 17.5 Å². The van der Waals surface area contributed by atoms with Gasteiger partial charge in [0, 0.05) is 24.7 Å². The maximum Gasteiger partial charge on any atom is 0.251 e. The standard InChI is InChI=1S/C18H19N5O2/c1-13(17-22-21-15-9-5-6-12-23(15)17)20-16(24)10-11-19-18(25)14-7-3-2-4-8-14/h2-9,12-13H,10-11H2,1H3,(H,19,25)(H,20,24)/t13-/m0/s1. The van der Waals surface area contributed by atoms with Crippen LogP contribution in [0.5, 0.6) is 0 Å². The van der Waals surface area contributed by atoms with Crippen molar-refractivity contribution in [2.24, 2.45) is 0 Å². The van der Waals surface area contributed by atoms with Gasteiger partial charge in [-0.15, -0.1) is 10.2 Å². The molecule has 0 fully saturated rings. The van der Waals surface area contributed by atoms with E-state index in [0.717, 1.165) is 5.65 Å². The fourth-order valence-corrected chi connectivity index (χ4v) is 2.51. The predicted octanol–water partition coefficient (Wildman–Crippen LogP) is 1.73. The average molecular weight is 337 g/mol. The highest BCUT2D eigenvalue weighted by atomic mass is 16.2. The lowest BCUT2D eigenvalue weighted by Crippen LogP contribution is -2.32. The van der Waals surface area contributed by atoms with Gasteiger partial charge in [0.25, 0.3) is 5.91 Å². The van der Waals surface area contributed by atoms with Crippen molar-refractivity contribution in [3.05, 3.63) is 66.1 Å². The summed E-state index contributed by atoms with van der Waals surface area (Å²) in [7, 11) is 0. The molecule has 7 nitrogen and oxygen atoms in total. The zero-order valence-electron chi connectivity index (χ0n) is 13.8. The Labute approximate surface area is 145 Å². The van der Waals surface area contributed by atoms with Gasteiger partial charge in [-0.2, -0.15) is 0 Å². The molecule has 2 N–H and O–H groups in total. The van der Waals surface area contributed by atoms with E-state index in [1.807, 2.05) is 41.8 Å². The molecule has 128 valence electrons. The minimum atomic E-state index is -0.283. The Balaban J connectivity index is 1.50. The summed E-state index contributed by atoms with van der Waals surface area (Å²) in [6, 6.07) is 14.2. The fraction of sp³-hybridized carbons (Fsp3) is 0.222. The number of nitrogens with zero attached hydrogens (tertiary/aromatic N) is 3. The third kappa shape index (κ3) is 4.00. The topological polar surface area (TPSA) is 88.4 Å². The molecule has 0 aliphatic heterocycles. The number of pyridine rings is 1. The van der Waals surface area contributed by atoms with Gasteiger partial charge >= 0.3 is 0 Å². The van der Waals surface area contributed by atoms with E-state index in [4.69, 9.17) is 0 Å². The van der Waals surface area contributed by atoms with Crippen LogP contribution in [-0.4, -0.2) is 33.0 Å². The van der Waals surface area contributed by atoms with Crippen molar-refractivity contribution < 1.29 is 9.59 Å². The van der Waals surface area contributed by atoms with Gasteiger partial charge < -0.3 is 10.6 Å². The molecule has 7 heteroatoms. The molecule has 0 radical (unpaired) electrons. The van der Waals surface area contributed by atoms with Crippen LogP contribution in [-0.2, 0) is 4.79 Å². The Morgan fingerprint density at radius 1 is 1.08 bits per heavy atom. The van der Waals surface area contributed by atoms with Crippen LogP contribution < -0.4 is 10.6 Å². The lowest BCUT2D eigenvalue weighted by molar-refractivity contribution is -0.121. The van der Waals surface area contributed by atoms with Gasteiger partial charge in [0.2, 0.25) is 5.91 Å². The summed E-state index contributed by atoms with van der Waals surface area (Å²) >= 11 is 0. The number of carbonyl (C=O) groups is 2. The van der Waals surface area contributed by atoms with E-state index in [0.29, 0.717) is 11.4 Å². The van der Waals surface area contributed by atoms with Crippen LogP contribution >= 0.6 is 0 Å². The minimum Gasteiger partial charge on any atom is -0.352 e. The maximum absolute atomic E-state index is 12.1. The van der Waals surface area contributed by atoms with Crippen molar-refractivity contribution in [1.29, 1.82) is 0 Å². The third-order valence-corrected chi connectivity index (χ3v) is 3.78. The summed E-state index contributed by atoms with van der Waals surface area (Å²) in [5.74, 6) is 0.315. The number of nitrogens with one attached hydrogen (secondary N) is 2. The van der Waals surface area contributed by atoms with E-state index in [2.05, 4.69) is 20.8 Å². The lowest BCUT2D eigenvalue weighted by Gasteiger charge is -2.12. The number of hydrogen-bond acceptors (Lipinski definition) is 4. The van der Waals surface area contributed by atoms with Crippen molar-refractivity contribution in [1.82, 2.24) is 25.2 Å². The first-order valence-corrected chi connectivity index (χ1v) is 8.07. The number of benzene rings is 1. The molecule has 0 saturated carbocycles. The molecule has 2 aromatic heterocycles. The quantitative estimate of drug-likeness (QED) is 0.717. The highest BCUT2D eigenvalue weighted by Gasteiger charge is 2.15. The zero-order chi connectivity index (χ0) is 17.6. The predicted molar refractivity (Wildman–Crippen MR) is 92.9 cm³/mol. The summed E-state index contributed by atoms with van der Waals surface area (Å²) in [5.41, 5.74) is 1.31. The number of aromatic nitrogens is 3. The van der Waals surface area contributed by atoms with Crippen LogP contribution in [0, 0.1) is 0 Å². The minimum absolute atomic E-state index is 0.159. The smallest absolute Gasteiger partial charge is 0.251 e. The van der Waals surface area contributed by atoms with Gasteiger partial charge in [-0.3, -0.25) is 14.0 Å². The molecule has 25 heavy (non-hydrogen) atoms. The average Bonchev–Trinajstić information content (AvgIpc) is 3.06. The molecule has 0 unspecified atom stereocenters. The zero-order valence-corrected chi connectivity index (χ0v) is 13.8. The molecule has 2 amide bonds. The van der Waals surface area contributed by atoms with Gasteiger partial charge in [0.1, 0.15) is 0 Å². The maximum atomic E-state index is 12.1. The molecular formula is C18H19N5O2. The molecule has 1 atom stereocenters. The molecule has 1 aromatic carbocycles. The highest BCUT2D eigenvalue weighted by Crippen LogP contribution is 2.11. The summed E-state index contributed by atoms with van der Waals surface area (Å²) in [5, 5.41) is 13.8. The van der Waals surface area contributed by atoms with Crippen LogP contribution in [0.15, 0.2) is 54.7 Å². The molecule has 0 saturated heterocycles. The van der Waals surface area contributed by atoms with Crippen LogP contribution in [0.2, 0.25) is 0 Å². The number of rotatable bonds is 6. The Kier molecular flexibility index (Phi) is 5.03. The third-order valence-electron chi connectivity index (χ3n) is 3.78. The second-order valence-electron chi connectivity index (χ2n) is 5.65. The Hall–Kier alpha value is -3.22. The largest absolute Gasteiger partial charge is 0.352 e. The number of hydrogen-bond donors (Lipinski definition) is 2. The van der Waals surface area contributed by atoms with E-state index < -0.39 is 0 Å². The SMILES string of the molecule is C[C@H](NC(=O)CCNC(=O)c1ccccc1)c1nnc2ccccn12. The summed E-state index contributed by atoms with van der Waals surface area (Å²) in [4.78, 5) is 24.0. The van der Waals surface area contributed by atoms with Gasteiger partial charge in [-0.1, -0.05) is 24.3 Å². The highest BCUT2D eigenvalue weighted by molar-refractivity contribution is 5.94. The number of carbonyl (C=O) groups excluding carboxylic acids is 2. The first kappa shape index (κ1) is 16.6. The molecule has 0 aliphatic rings. The normalized spacial score (nSPS) is 11.9. The molecule has 3 rings (SSSR count). The second kappa shape index (κ2) is 7.57. The Bertz CT molecular complexity index is 875. The van der Waals surface area contributed by atoms with Gasteiger partial charge in [0.15, 0.2) is 11.5 Å². The van der Waals surface area contributed by atoms with Crippen molar-refractivity contribution in [2.75, 3.05) is 6.54 Å². The number of fused-ring (bicyclic) bond motifs is 1. The van der Waals surface area contributed by atoms with Gasteiger partial charge in [-0.25, -0.2) is 0 Å². The van der Waals surface area contributed by atoms with Crippen LogP contribution in [0.1, 0.15) is 35.6 Å².